The Morgan fingerprint density at radius 1 is 1.25 bits per heavy atom. The molecule has 0 radical (unpaired) electrons. The van der Waals surface area contributed by atoms with E-state index in [4.69, 9.17) is 0 Å². The van der Waals surface area contributed by atoms with E-state index < -0.39 is 0 Å². The lowest BCUT2D eigenvalue weighted by molar-refractivity contribution is 0.0709. The van der Waals surface area contributed by atoms with Crippen LogP contribution in [0.3, 0.4) is 0 Å². The average molecular weight is 328 g/mol. The van der Waals surface area contributed by atoms with Crippen LogP contribution in [-0.2, 0) is 13.5 Å². The molecule has 0 aliphatic carbocycles. The van der Waals surface area contributed by atoms with Crippen molar-refractivity contribution in [2.75, 3.05) is 25.0 Å². The number of amides is 1. The average Bonchev–Trinajstić information content (AvgIpc) is 3.07. The van der Waals surface area contributed by atoms with Gasteiger partial charge in [-0.05, 0) is 24.8 Å². The molecule has 0 spiro atoms. The summed E-state index contributed by atoms with van der Waals surface area (Å²) >= 11 is 0. The topological polar surface area (TPSA) is 67.2 Å². The molecule has 0 atom stereocenters. The highest BCUT2D eigenvalue weighted by Gasteiger charge is 2.27. The Labute approximate surface area is 142 Å². The number of hydrogen-bond donors (Lipinski definition) is 0. The summed E-state index contributed by atoms with van der Waals surface area (Å²) in [7, 11) is 3.70. The molecule has 1 aliphatic heterocycles. The number of carbonyl (C=O) groups is 1. The van der Waals surface area contributed by atoms with E-state index in [9.17, 15) is 4.79 Å². The van der Waals surface area contributed by atoms with Crippen LogP contribution in [0.4, 0.5) is 5.95 Å². The van der Waals surface area contributed by atoms with Crippen LogP contribution in [0.1, 0.15) is 35.7 Å². The summed E-state index contributed by atoms with van der Waals surface area (Å²) in [4.78, 5) is 25.5. The Balaban J connectivity index is 1.58. The van der Waals surface area contributed by atoms with Gasteiger partial charge < -0.3 is 9.80 Å². The summed E-state index contributed by atoms with van der Waals surface area (Å²) in [5.41, 5.74) is 1.79. The van der Waals surface area contributed by atoms with E-state index in [1.807, 2.05) is 31.4 Å². The van der Waals surface area contributed by atoms with E-state index in [1.165, 1.54) is 0 Å². The summed E-state index contributed by atoms with van der Waals surface area (Å²) in [5.74, 6) is 0.817. The number of anilines is 1. The maximum atomic E-state index is 12.5. The molecule has 2 aromatic rings. The monoisotopic (exact) mass is 328 g/mol. The van der Waals surface area contributed by atoms with Crippen LogP contribution in [0.2, 0.25) is 0 Å². The van der Waals surface area contributed by atoms with Gasteiger partial charge in [-0.1, -0.05) is 6.92 Å². The number of aromatic nitrogens is 4. The highest BCUT2D eigenvalue weighted by molar-refractivity contribution is 5.93. The first kappa shape index (κ1) is 16.4. The minimum atomic E-state index is 0.0325. The van der Waals surface area contributed by atoms with E-state index in [2.05, 4.69) is 26.9 Å². The Bertz CT molecular complexity index is 687. The van der Waals surface area contributed by atoms with Gasteiger partial charge in [-0.2, -0.15) is 5.10 Å². The number of hydrogen-bond acceptors (Lipinski definition) is 5. The first-order chi connectivity index (χ1) is 11.6. The van der Waals surface area contributed by atoms with Crippen LogP contribution >= 0.6 is 0 Å². The lowest BCUT2D eigenvalue weighted by Crippen LogP contribution is -2.46. The number of carbonyl (C=O) groups excluding carboxylic acids is 1. The fraction of sp³-hybridized carbons (Fsp3) is 0.529. The van der Waals surface area contributed by atoms with Crippen LogP contribution in [-0.4, -0.2) is 56.7 Å². The summed E-state index contributed by atoms with van der Waals surface area (Å²) < 4.78 is 1.65. The third-order valence-electron chi connectivity index (χ3n) is 4.67. The van der Waals surface area contributed by atoms with E-state index >= 15 is 0 Å². The standard InChI is InChI=1S/C17H24N6O/c1-4-13-9-18-17(19-10-13)23-7-5-15(6-8-23)22(3)16(24)14-11-20-21(2)12-14/h9-12,15H,4-8H2,1-3H3. The van der Waals surface area contributed by atoms with Crippen molar-refractivity contribution >= 4 is 11.9 Å². The molecule has 1 aliphatic rings. The molecule has 0 N–H and O–H groups in total. The number of rotatable bonds is 4. The smallest absolute Gasteiger partial charge is 0.257 e. The Morgan fingerprint density at radius 3 is 2.46 bits per heavy atom. The highest BCUT2D eigenvalue weighted by atomic mass is 16.2. The van der Waals surface area contributed by atoms with E-state index in [0.29, 0.717) is 5.56 Å². The highest BCUT2D eigenvalue weighted by Crippen LogP contribution is 2.20. The van der Waals surface area contributed by atoms with Gasteiger partial charge >= 0.3 is 0 Å². The van der Waals surface area contributed by atoms with Gasteiger partial charge in [-0.25, -0.2) is 9.97 Å². The zero-order chi connectivity index (χ0) is 17.1. The van der Waals surface area contributed by atoms with Crippen molar-refractivity contribution in [1.29, 1.82) is 0 Å². The van der Waals surface area contributed by atoms with Crippen molar-refractivity contribution < 1.29 is 4.79 Å². The van der Waals surface area contributed by atoms with Gasteiger partial charge in [0.25, 0.3) is 5.91 Å². The molecular formula is C17H24N6O. The molecule has 2 aromatic heterocycles. The summed E-state index contributed by atoms with van der Waals surface area (Å²) in [5, 5.41) is 4.08. The van der Waals surface area contributed by atoms with Crippen molar-refractivity contribution in [3.63, 3.8) is 0 Å². The minimum Gasteiger partial charge on any atom is -0.341 e. The van der Waals surface area contributed by atoms with E-state index in [1.54, 1.807) is 17.1 Å². The Morgan fingerprint density at radius 2 is 1.92 bits per heavy atom. The Hall–Kier alpha value is -2.44. The van der Waals surface area contributed by atoms with Gasteiger partial charge in [0.2, 0.25) is 5.95 Å². The van der Waals surface area contributed by atoms with Crippen LogP contribution in [0.15, 0.2) is 24.8 Å². The van der Waals surface area contributed by atoms with Gasteiger partial charge in [-0.3, -0.25) is 9.48 Å². The van der Waals surface area contributed by atoms with Gasteiger partial charge in [0.05, 0.1) is 11.8 Å². The molecule has 7 nitrogen and oxygen atoms in total. The molecule has 0 bridgehead atoms. The van der Waals surface area contributed by atoms with Crippen LogP contribution in [0, 0.1) is 0 Å². The van der Waals surface area contributed by atoms with Crippen molar-refractivity contribution in [2.45, 2.75) is 32.2 Å². The summed E-state index contributed by atoms with van der Waals surface area (Å²) in [6, 6.07) is 0.240. The van der Waals surface area contributed by atoms with E-state index in [0.717, 1.165) is 43.9 Å². The Kier molecular flexibility index (Phi) is 4.78. The first-order valence-corrected chi connectivity index (χ1v) is 8.40. The predicted molar refractivity (Wildman–Crippen MR) is 91.9 cm³/mol. The maximum Gasteiger partial charge on any atom is 0.257 e. The molecule has 3 heterocycles. The second-order valence-corrected chi connectivity index (χ2v) is 6.28. The fourth-order valence-electron chi connectivity index (χ4n) is 3.05. The second-order valence-electron chi connectivity index (χ2n) is 6.28. The molecule has 1 saturated heterocycles. The second kappa shape index (κ2) is 6.98. The lowest BCUT2D eigenvalue weighted by atomic mass is 10.0. The van der Waals surface area contributed by atoms with Gasteiger partial charge in [0.1, 0.15) is 0 Å². The zero-order valence-electron chi connectivity index (χ0n) is 14.5. The molecule has 1 amide bonds. The predicted octanol–water partition coefficient (Wildman–Crippen LogP) is 1.51. The van der Waals surface area contributed by atoms with E-state index in [-0.39, 0.29) is 11.9 Å². The molecule has 0 saturated carbocycles. The molecular weight excluding hydrogens is 304 g/mol. The third kappa shape index (κ3) is 3.39. The minimum absolute atomic E-state index is 0.0325. The molecule has 0 aromatic carbocycles. The quantitative estimate of drug-likeness (QED) is 0.851. The molecule has 24 heavy (non-hydrogen) atoms. The molecule has 3 rings (SSSR count). The SMILES string of the molecule is CCc1cnc(N2CCC(N(C)C(=O)c3cnn(C)c3)CC2)nc1. The number of nitrogens with zero attached hydrogens (tertiary/aromatic N) is 6. The largest absolute Gasteiger partial charge is 0.341 e. The lowest BCUT2D eigenvalue weighted by Gasteiger charge is -2.36. The molecule has 1 fully saturated rings. The normalized spacial score (nSPS) is 15.5. The number of aryl methyl sites for hydroxylation is 2. The molecule has 128 valence electrons. The van der Waals surface area contributed by atoms with Gasteiger partial charge in [0.15, 0.2) is 0 Å². The fourth-order valence-corrected chi connectivity index (χ4v) is 3.05. The third-order valence-corrected chi connectivity index (χ3v) is 4.67. The van der Waals surface area contributed by atoms with Crippen molar-refractivity contribution in [3.05, 3.63) is 35.9 Å². The summed E-state index contributed by atoms with van der Waals surface area (Å²) in [6.45, 7) is 3.82. The first-order valence-electron chi connectivity index (χ1n) is 8.40. The van der Waals surface area contributed by atoms with Crippen LogP contribution < -0.4 is 4.90 Å². The van der Waals surface area contributed by atoms with Crippen LogP contribution in [0.25, 0.3) is 0 Å². The van der Waals surface area contributed by atoms with Crippen LogP contribution in [0.5, 0.6) is 0 Å². The molecule has 0 unspecified atom stereocenters. The summed E-state index contributed by atoms with van der Waals surface area (Å²) in [6.07, 6.45) is 9.96. The van der Waals surface area contributed by atoms with Crippen molar-refractivity contribution in [1.82, 2.24) is 24.6 Å². The number of piperidine rings is 1. The zero-order valence-corrected chi connectivity index (χ0v) is 14.5. The van der Waals surface area contributed by atoms with Crippen molar-refractivity contribution in [2.24, 2.45) is 7.05 Å². The maximum absolute atomic E-state index is 12.5. The van der Waals surface area contributed by atoms with Crippen molar-refractivity contribution in [3.8, 4) is 0 Å². The van der Waals surface area contributed by atoms with Gasteiger partial charge in [-0.15, -0.1) is 0 Å². The van der Waals surface area contributed by atoms with Gasteiger partial charge in [0, 0.05) is 51.8 Å². The molecule has 7 heteroatoms.